The lowest BCUT2D eigenvalue weighted by molar-refractivity contribution is -0.124. The fraction of sp³-hybridized carbons (Fsp3) is 0.438. The summed E-state index contributed by atoms with van der Waals surface area (Å²) < 4.78 is 26.6. The highest BCUT2D eigenvalue weighted by atomic mass is 35.5. The second-order valence-corrected chi connectivity index (χ2v) is 13.0. The molecule has 0 aliphatic heterocycles. The van der Waals surface area contributed by atoms with Gasteiger partial charge in [-0.15, -0.1) is 11.8 Å². The van der Waals surface area contributed by atoms with Crippen molar-refractivity contribution in [2.45, 2.75) is 85.4 Å². The van der Waals surface area contributed by atoms with Crippen LogP contribution in [0.3, 0.4) is 0 Å². The van der Waals surface area contributed by atoms with Crippen LogP contribution in [-0.4, -0.2) is 41.2 Å². The van der Waals surface area contributed by atoms with Gasteiger partial charge in [-0.05, 0) is 78.3 Å². The number of benzene rings is 2. The molecule has 2 aromatic carbocycles. The quantitative estimate of drug-likeness (QED) is 0.101. The number of hydrogen-bond acceptors (Lipinski definition) is 6. The van der Waals surface area contributed by atoms with E-state index in [1.165, 1.54) is 35.7 Å². The fourth-order valence-corrected chi connectivity index (χ4v) is 4.76. The van der Waals surface area contributed by atoms with E-state index in [1.54, 1.807) is 65.8 Å². The predicted octanol–water partition coefficient (Wildman–Crippen LogP) is 8.44. The molecule has 0 aliphatic rings. The molecule has 0 heterocycles. The molecule has 0 saturated carbocycles. The molecule has 0 spiro atoms. The van der Waals surface area contributed by atoms with Crippen LogP contribution in [0.5, 0.6) is 0 Å². The molecule has 0 aliphatic carbocycles. The van der Waals surface area contributed by atoms with Gasteiger partial charge in [-0.1, -0.05) is 53.0 Å². The molecule has 11 heteroatoms. The first-order valence-corrected chi connectivity index (χ1v) is 15.7. The first-order valence-electron chi connectivity index (χ1n) is 13.8. The summed E-state index contributed by atoms with van der Waals surface area (Å²) in [5, 5.41) is 3.32. The van der Waals surface area contributed by atoms with Gasteiger partial charge in [0.25, 0.3) is 0 Å². The summed E-state index contributed by atoms with van der Waals surface area (Å²) in [6.45, 7) is 19.9. The summed E-state index contributed by atoms with van der Waals surface area (Å²) in [6.07, 6.45) is 0.0954. The summed E-state index contributed by atoms with van der Waals surface area (Å²) in [6, 6.07) is 9.49. The molecule has 0 fully saturated rings. The molecular formula is C32H43ClFN2O5PS. The lowest BCUT2D eigenvalue weighted by atomic mass is 9.87. The average Bonchev–Trinajstić information content (AvgIpc) is 2.91. The zero-order valence-electron chi connectivity index (χ0n) is 26.4. The Kier molecular flexibility index (Phi) is 14.9. The van der Waals surface area contributed by atoms with E-state index in [-0.39, 0.29) is 35.2 Å². The van der Waals surface area contributed by atoms with Crippen molar-refractivity contribution < 1.29 is 28.2 Å². The van der Waals surface area contributed by atoms with Crippen molar-refractivity contribution in [2.75, 3.05) is 10.7 Å². The molecule has 0 unspecified atom stereocenters. The number of ether oxygens (including phenoxy) is 2. The van der Waals surface area contributed by atoms with Crippen molar-refractivity contribution in [3.63, 3.8) is 0 Å². The summed E-state index contributed by atoms with van der Waals surface area (Å²) in [5.41, 5.74) is -0.406. The highest BCUT2D eigenvalue weighted by Gasteiger charge is 2.30. The SMILES string of the molecule is C=C(OC(=P)c1cc(N(C=O)Cc2ccc(Cl)cc2)c(SC[C@@H](C)NC(=O)OC(C)(C)C)cc1F)C(C)(C)C(C)=O.CC. The van der Waals surface area contributed by atoms with Gasteiger partial charge in [0.15, 0.2) is 5.48 Å². The van der Waals surface area contributed by atoms with Crippen molar-refractivity contribution in [3.05, 3.63) is 70.7 Å². The van der Waals surface area contributed by atoms with Crippen LogP contribution in [-0.2, 0) is 25.6 Å². The Bertz CT molecular complexity index is 1310. The number of rotatable bonds is 13. The van der Waals surface area contributed by atoms with Crippen LogP contribution in [0.2, 0.25) is 5.02 Å². The molecule has 2 aromatic rings. The molecule has 1 N–H and O–H groups in total. The Balaban J connectivity index is 0.00000452. The van der Waals surface area contributed by atoms with Crippen LogP contribution in [0.25, 0.3) is 0 Å². The van der Waals surface area contributed by atoms with Gasteiger partial charge in [0.05, 0.1) is 23.2 Å². The zero-order chi connectivity index (χ0) is 33.1. The highest BCUT2D eigenvalue weighted by molar-refractivity contribution is 7.99. The van der Waals surface area contributed by atoms with E-state index in [4.69, 9.17) is 21.1 Å². The van der Waals surface area contributed by atoms with Crippen LogP contribution >= 0.6 is 32.2 Å². The maximum atomic E-state index is 15.5. The van der Waals surface area contributed by atoms with Gasteiger partial charge >= 0.3 is 6.09 Å². The molecule has 7 nitrogen and oxygen atoms in total. The number of alkyl carbamates (subject to hydrolysis) is 1. The van der Waals surface area contributed by atoms with Crippen molar-refractivity contribution in [2.24, 2.45) is 5.41 Å². The molecule has 43 heavy (non-hydrogen) atoms. The number of nitrogens with zero attached hydrogens (tertiary/aromatic N) is 1. The Labute approximate surface area is 266 Å². The summed E-state index contributed by atoms with van der Waals surface area (Å²) in [7, 11) is 3.35. The molecule has 0 bridgehead atoms. The van der Waals surface area contributed by atoms with E-state index >= 15 is 4.39 Å². The first-order chi connectivity index (χ1) is 19.9. The maximum absolute atomic E-state index is 15.5. The predicted molar refractivity (Wildman–Crippen MR) is 178 cm³/mol. The largest absolute Gasteiger partial charge is 0.456 e. The van der Waals surface area contributed by atoms with E-state index in [9.17, 15) is 14.4 Å². The van der Waals surface area contributed by atoms with Crippen molar-refractivity contribution in [1.29, 1.82) is 0 Å². The maximum Gasteiger partial charge on any atom is 0.407 e. The second-order valence-electron chi connectivity index (χ2n) is 11.1. The molecule has 2 amide bonds. The van der Waals surface area contributed by atoms with E-state index in [0.717, 1.165) is 5.56 Å². The number of allylic oxidation sites excluding steroid dienone is 1. The zero-order valence-corrected chi connectivity index (χ0v) is 29.0. The molecule has 0 radical (unpaired) electrons. The molecule has 0 aromatic heterocycles. The fourth-order valence-electron chi connectivity index (χ4n) is 3.29. The van der Waals surface area contributed by atoms with E-state index in [1.807, 2.05) is 13.8 Å². The Morgan fingerprint density at radius 1 is 1.16 bits per heavy atom. The number of hydrogen-bond donors (Lipinski definition) is 1. The lowest BCUT2D eigenvalue weighted by Crippen LogP contribution is -2.38. The Morgan fingerprint density at radius 3 is 2.26 bits per heavy atom. The first kappa shape index (κ1) is 38.2. The summed E-state index contributed by atoms with van der Waals surface area (Å²) in [4.78, 5) is 38.5. The highest BCUT2D eigenvalue weighted by Crippen LogP contribution is 2.35. The molecule has 0 saturated heterocycles. The third-order valence-electron chi connectivity index (χ3n) is 6.05. The minimum atomic E-state index is -1.01. The monoisotopic (exact) mass is 652 g/mol. The molecule has 2 rings (SSSR count). The average molecular weight is 653 g/mol. The van der Waals surface area contributed by atoms with Gasteiger partial charge in [0.2, 0.25) is 6.41 Å². The van der Waals surface area contributed by atoms with Crippen LogP contribution < -0.4 is 10.2 Å². The van der Waals surface area contributed by atoms with E-state index in [2.05, 4.69) is 20.8 Å². The minimum absolute atomic E-state index is 0.00285. The minimum Gasteiger partial charge on any atom is -0.456 e. The number of thioether (sulfide) groups is 1. The number of carbonyl (C=O) groups excluding carboxylic acids is 3. The van der Waals surface area contributed by atoms with Crippen LogP contribution in [0.4, 0.5) is 14.9 Å². The van der Waals surface area contributed by atoms with Gasteiger partial charge in [-0.3, -0.25) is 9.59 Å². The topological polar surface area (TPSA) is 84.9 Å². The van der Waals surface area contributed by atoms with Crippen molar-refractivity contribution in [1.82, 2.24) is 5.32 Å². The molecule has 236 valence electrons. The number of nitrogens with one attached hydrogen (secondary N) is 1. The number of halogens is 2. The number of carbonyl (C=O) groups is 3. The van der Waals surface area contributed by atoms with Crippen molar-refractivity contribution >= 4 is 61.7 Å². The van der Waals surface area contributed by atoms with E-state index in [0.29, 0.717) is 27.8 Å². The summed E-state index contributed by atoms with van der Waals surface area (Å²) in [5.74, 6) is -0.299. The Hall–Kier alpha value is -2.87. The van der Waals surface area contributed by atoms with Gasteiger partial charge < -0.3 is 19.7 Å². The number of amides is 2. The molecular weight excluding hydrogens is 610 g/mol. The van der Waals surface area contributed by atoms with Gasteiger partial charge in [0.1, 0.15) is 23.0 Å². The molecule has 1 atom stereocenters. The lowest BCUT2D eigenvalue weighted by Gasteiger charge is -2.26. The van der Waals surface area contributed by atoms with Crippen LogP contribution in [0, 0.1) is 11.2 Å². The van der Waals surface area contributed by atoms with Crippen molar-refractivity contribution in [3.8, 4) is 0 Å². The number of Topliss-reactive ketones (excluding diaryl/α,β-unsaturated/α-hetero) is 1. The van der Waals surface area contributed by atoms with Gasteiger partial charge in [0, 0.05) is 21.7 Å². The smallest absolute Gasteiger partial charge is 0.407 e. The third-order valence-corrected chi connectivity index (χ3v) is 7.98. The van der Waals surface area contributed by atoms with Crippen LogP contribution in [0.1, 0.15) is 73.4 Å². The van der Waals surface area contributed by atoms with Gasteiger partial charge in [-0.25, -0.2) is 9.18 Å². The standard InChI is InChI=1S/C30H37ClFN2O5PS.C2H6/c1-18(33-28(37)39-29(4,5)6)16-41-26-14-24(32)23(27(40)38-20(3)30(7,8)19(2)36)13-25(26)34(17-35)15-21-9-11-22(31)12-10-21;1-2/h9-14,17-18,40H,3,15-16H2,1-2,4-8H3,(H,33,37);1-2H3/t18-;/m1./s1. The normalized spacial score (nSPS) is 11.8. The second kappa shape index (κ2) is 16.8. The third kappa shape index (κ3) is 12.0. The van der Waals surface area contributed by atoms with Crippen LogP contribution in [0.15, 0.2) is 53.6 Å². The Morgan fingerprint density at radius 2 is 1.74 bits per heavy atom. The van der Waals surface area contributed by atoms with Gasteiger partial charge in [-0.2, -0.15) is 0 Å². The van der Waals surface area contributed by atoms with E-state index < -0.39 is 22.9 Å². The summed E-state index contributed by atoms with van der Waals surface area (Å²) >= 11 is 7.28. The number of ketones is 1. The number of anilines is 1.